The lowest BCUT2D eigenvalue weighted by Gasteiger charge is -2.09. The molecular formula is C10H14BrN3O2. The number of nitrogens with two attached hydrogens (primary N) is 1. The first-order chi connectivity index (χ1) is 7.67. The minimum Gasteiger partial charge on any atom is -0.497 e. The molecule has 0 amide bonds. The van der Waals surface area contributed by atoms with Gasteiger partial charge in [0.2, 0.25) is 0 Å². The van der Waals surface area contributed by atoms with Crippen molar-refractivity contribution < 1.29 is 9.94 Å². The van der Waals surface area contributed by atoms with Gasteiger partial charge in [-0.3, -0.25) is 0 Å². The van der Waals surface area contributed by atoms with Gasteiger partial charge in [-0.1, -0.05) is 5.16 Å². The molecule has 1 aromatic rings. The lowest BCUT2D eigenvalue weighted by Crippen LogP contribution is -2.16. The van der Waals surface area contributed by atoms with Gasteiger partial charge in [-0.25, -0.2) is 0 Å². The third-order valence-electron chi connectivity index (χ3n) is 2.00. The zero-order valence-corrected chi connectivity index (χ0v) is 10.5. The molecule has 1 aromatic carbocycles. The Morgan fingerprint density at radius 2 is 2.38 bits per heavy atom. The number of nitrogens with one attached hydrogen (secondary N) is 1. The van der Waals surface area contributed by atoms with Gasteiger partial charge in [0, 0.05) is 23.5 Å². The summed E-state index contributed by atoms with van der Waals surface area (Å²) in [5.74, 6) is 0.973. The zero-order chi connectivity index (χ0) is 12.0. The third-order valence-corrected chi connectivity index (χ3v) is 2.69. The Labute approximate surface area is 102 Å². The molecule has 6 heteroatoms. The number of hydrogen-bond donors (Lipinski definition) is 3. The van der Waals surface area contributed by atoms with Crippen LogP contribution in [0, 0.1) is 0 Å². The summed E-state index contributed by atoms with van der Waals surface area (Å²) >= 11 is 3.41. The topological polar surface area (TPSA) is 79.9 Å². The van der Waals surface area contributed by atoms with E-state index in [-0.39, 0.29) is 5.84 Å². The maximum atomic E-state index is 8.37. The van der Waals surface area contributed by atoms with Crippen molar-refractivity contribution in [3.05, 3.63) is 22.7 Å². The van der Waals surface area contributed by atoms with E-state index in [0.29, 0.717) is 13.0 Å². The van der Waals surface area contributed by atoms with Crippen molar-refractivity contribution in [2.75, 3.05) is 19.0 Å². The standard InChI is InChI=1S/C10H14BrN3O2/c1-16-7-2-3-8(11)9(6-7)13-5-4-10(12)14-15/h2-3,6,13,15H,4-5H2,1H3,(H2,12,14). The highest BCUT2D eigenvalue weighted by atomic mass is 79.9. The van der Waals surface area contributed by atoms with Crippen LogP contribution in [-0.4, -0.2) is 24.7 Å². The van der Waals surface area contributed by atoms with Crippen molar-refractivity contribution in [2.24, 2.45) is 10.9 Å². The van der Waals surface area contributed by atoms with E-state index in [2.05, 4.69) is 26.4 Å². The average molecular weight is 288 g/mol. The first-order valence-electron chi connectivity index (χ1n) is 4.71. The van der Waals surface area contributed by atoms with Crippen molar-refractivity contribution in [1.29, 1.82) is 0 Å². The summed E-state index contributed by atoms with van der Waals surface area (Å²) in [6.45, 7) is 0.585. The number of hydrogen-bond acceptors (Lipinski definition) is 4. The second-order valence-electron chi connectivity index (χ2n) is 3.11. The summed E-state index contributed by atoms with van der Waals surface area (Å²) < 4.78 is 6.05. The molecule has 0 bridgehead atoms. The number of ether oxygens (including phenoxy) is 1. The van der Waals surface area contributed by atoms with Crippen LogP contribution < -0.4 is 15.8 Å². The summed E-state index contributed by atoms with van der Waals surface area (Å²) in [7, 11) is 1.61. The Morgan fingerprint density at radius 3 is 3.00 bits per heavy atom. The molecule has 16 heavy (non-hydrogen) atoms. The highest BCUT2D eigenvalue weighted by Gasteiger charge is 2.01. The quantitative estimate of drug-likeness (QED) is 0.335. The number of oxime groups is 1. The number of nitrogens with zero attached hydrogens (tertiary/aromatic N) is 1. The first kappa shape index (κ1) is 12.6. The Hall–Kier alpha value is -1.43. The molecule has 4 N–H and O–H groups in total. The summed E-state index contributed by atoms with van der Waals surface area (Å²) in [5, 5.41) is 14.4. The van der Waals surface area contributed by atoms with Crippen LogP contribution in [0.15, 0.2) is 27.8 Å². The SMILES string of the molecule is COc1ccc(Br)c(NCCC(N)=NO)c1. The van der Waals surface area contributed by atoms with Crippen molar-refractivity contribution in [1.82, 2.24) is 0 Å². The van der Waals surface area contributed by atoms with Gasteiger partial charge < -0.3 is 21.0 Å². The molecule has 0 atom stereocenters. The molecule has 0 aliphatic heterocycles. The molecule has 1 rings (SSSR count). The molecule has 0 spiro atoms. The molecule has 0 aromatic heterocycles. The van der Waals surface area contributed by atoms with E-state index in [9.17, 15) is 0 Å². The fraction of sp³-hybridized carbons (Fsp3) is 0.300. The van der Waals surface area contributed by atoms with Crippen molar-refractivity contribution in [3.8, 4) is 5.75 Å². The van der Waals surface area contributed by atoms with E-state index >= 15 is 0 Å². The lowest BCUT2D eigenvalue weighted by molar-refractivity contribution is 0.317. The normalized spacial score (nSPS) is 11.2. The smallest absolute Gasteiger partial charge is 0.140 e. The van der Waals surface area contributed by atoms with Gasteiger partial charge in [-0.2, -0.15) is 0 Å². The van der Waals surface area contributed by atoms with Crippen LogP contribution in [-0.2, 0) is 0 Å². The van der Waals surface area contributed by atoms with Crippen LogP contribution in [0.1, 0.15) is 6.42 Å². The van der Waals surface area contributed by atoms with Crippen LogP contribution in [0.2, 0.25) is 0 Å². The second kappa shape index (κ2) is 6.22. The largest absolute Gasteiger partial charge is 0.497 e. The molecule has 0 saturated carbocycles. The second-order valence-corrected chi connectivity index (χ2v) is 3.97. The molecule has 0 fully saturated rings. The number of methoxy groups -OCH3 is 1. The number of amidine groups is 1. The lowest BCUT2D eigenvalue weighted by atomic mass is 10.3. The van der Waals surface area contributed by atoms with E-state index in [1.165, 1.54) is 0 Å². The van der Waals surface area contributed by atoms with Gasteiger partial charge in [0.1, 0.15) is 11.6 Å². The van der Waals surface area contributed by atoms with Crippen LogP contribution in [0.5, 0.6) is 5.75 Å². The maximum Gasteiger partial charge on any atom is 0.140 e. The highest BCUT2D eigenvalue weighted by Crippen LogP contribution is 2.26. The molecule has 0 aliphatic rings. The molecule has 0 radical (unpaired) electrons. The number of anilines is 1. The Balaban J connectivity index is 2.59. The van der Waals surface area contributed by atoms with E-state index in [1.54, 1.807) is 7.11 Å². The summed E-state index contributed by atoms with van der Waals surface area (Å²) in [6.07, 6.45) is 0.472. The number of rotatable bonds is 5. The highest BCUT2D eigenvalue weighted by molar-refractivity contribution is 9.10. The Bertz CT molecular complexity index is 382. The minimum atomic E-state index is 0.200. The third kappa shape index (κ3) is 3.62. The van der Waals surface area contributed by atoms with Gasteiger partial charge in [-0.05, 0) is 28.1 Å². The molecule has 0 heterocycles. The van der Waals surface area contributed by atoms with E-state index in [1.807, 2.05) is 18.2 Å². The van der Waals surface area contributed by atoms with Gasteiger partial charge in [0.25, 0.3) is 0 Å². The van der Waals surface area contributed by atoms with Crippen LogP contribution in [0.25, 0.3) is 0 Å². The van der Waals surface area contributed by atoms with E-state index in [4.69, 9.17) is 15.7 Å². The van der Waals surface area contributed by atoms with E-state index < -0.39 is 0 Å². The van der Waals surface area contributed by atoms with Crippen LogP contribution in [0.4, 0.5) is 5.69 Å². The van der Waals surface area contributed by atoms with Crippen LogP contribution >= 0.6 is 15.9 Å². The first-order valence-corrected chi connectivity index (χ1v) is 5.50. The molecule has 88 valence electrons. The molecule has 0 aliphatic carbocycles. The van der Waals surface area contributed by atoms with Gasteiger partial charge in [-0.15, -0.1) is 0 Å². The van der Waals surface area contributed by atoms with Gasteiger partial charge in [0.05, 0.1) is 12.8 Å². The predicted molar refractivity (Wildman–Crippen MR) is 67.2 cm³/mol. The van der Waals surface area contributed by atoms with Crippen molar-refractivity contribution in [3.63, 3.8) is 0 Å². The molecule has 5 nitrogen and oxygen atoms in total. The average Bonchev–Trinajstić information content (AvgIpc) is 2.31. The maximum absolute atomic E-state index is 8.37. The van der Waals surface area contributed by atoms with Gasteiger partial charge in [0.15, 0.2) is 0 Å². The zero-order valence-electron chi connectivity index (χ0n) is 8.90. The monoisotopic (exact) mass is 287 g/mol. The van der Waals surface area contributed by atoms with Crippen molar-refractivity contribution >= 4 is 27.5 Å². The molecule has 0 saturated heterocycles. The minimum absolute atomic E-state index is 0.200. The van der Waals surface area contributed by atoms with E-state index in [0.717, 1.165) is 15.9 Å². The predicted octanol–water partition coefficient (Wildman–Crippen LogP) is 2.01. The number of benzene rings is 1. The summed E-state index contributed by atoms with van der Waals surface area (Å²) in [6, 6.07) is 5.62. The molecule has 0 unspecified atom stereocenters. The fourth-order valence-electron chi connectivity index (χ4n) is 1.14. The Morgan fingerprint density at radius 1 is 1.62 bits per heavy atom. The molecular weight excluding hydrogens is 274 g/mol. The van der Waals surface area contributed by atoms with Crippen LogP contribution in [0.3, 0.4) is 0 Å². The number of halogens is 1. The van der Waals surface area contributed by atoms with Crippen molar-refractivity contribution in [2.45, 2.75) is 6.42 Å². The summed E-state index contributed by atoms with van der Waals surface area (Å²) in [4.78, 5) is 0. The Kier molecular flexibility index (Phi) is 4.91. The fourth-order valence-corrected chi connectivity index (χ4v) is 1.53. The van der Waals surface area contributed by atoms with Gasteiger partial charge >= 0.3 is 0 Å². The summed E-state index contributed by atoms with van der Waals surface area (Å²) in [5.41, 5.74) is 6.26.